The molecule has 0 fully saturated rings. The zero-order chi connectivity index (χ0) is 9.90. The highest BCUT2D eigenvalue weighted by atomic mass is 28.2. The van der Waals surface area contributed by atoms with E-state index in [1.54, 1.807) is 0 Å². The summed E-state index contributed by atoms with van der Waals surface area (Å²) in [6.45, 7) is 3.32. The second-order valence-electron chi connectivity index (χ2n) is 4.40. The van der Waals surface area contributed by atoms with Crippen molar-refractivity contribution in [1.29, 1.82) is 0 Å². The van der Waals surface area contributed by atoms with Crippen molar-refractivity contribution in [1.82, 2.24) is 0 Å². The fourth-order valence-corrected chi connectivity index (χ4v) is 1.82. The van der Waals surface area contributed by atoms with Crippen LogP contribution in [0.5, 0.6) is 0 Å². The molecule has 0 saturated heterocycles. The topological polar surface area (TPSA) is 0 Å². The second kappa shape index (κ2) is 4.07. The van der Waals surface area contributed by atoms with Crippen molar-refractivity contribution >= 4 is 14.7 Å². The summed E-state index contributed by atoms with van der Waals surface area (Å²) in [6, 6.07) is 8.97. The fraction of sp³-hybridized carbons (Fsp3) is 0.455. The van der Waals surface area contributed by atoms with Crippen LogP contribution in [0, 0.1) is 0 Å². The predicted molar refractivity (Wildman–Crippen MR) is 59.4 cm³/mol. The lowest BCUT2D eigenvalue weighted by Crippen LogP contribution is -2.33. The van der Waals surface area contributed by atoms with Crippen molar-refractivity contribution in [3.8, 4) is 0 Å². The summed E-state index contributed by atoms with van der Waals surface area (Å²) in [5, 5.41) is 1.45. The Labute approximate surface area is 83.8 Å². The number of hydrogen-bond acceptors (Lipinski definition) is 0. The molecule has 2 radical (unpaired) electrons. The van der Waals surface area contributed by atoms with E-state index in [9.17, 15) is 0 Å². The van der Waals surface area contributed by atoms with Crippen LogP contribution >= 0.6 is 0 Å². The van der Waals surface area contributed by atoms with Crippen molar-refractivity contribution in [3.63, 3.8) is 0 Å². The molecule has 0 aromatic heterocycles. The number of benzene rings is 1. The van der Waals surface area contributed by atoms with Gasteiger partial charge in [-0.15, -0.1) is 0 Å². The Bertz CT molecular complexity index is 258. The normalized spacial score (nSPS) is 11.7. The highest BCUT2D eigenvalue weighted by Crippen LogP contribution is 2.04. The zero-order valence-corrected chi connectivity index (χ0v) is 9.96. The Morgan fingerprint density at radius 2 is 1.62 bits per heavy atom. The molecule has 0 spiro atoms. The third-order valence-corrected chi connectivity index (χ3v) is 2.81. The lowest BCUT2D eigenvalue weighted by molar-refractivity contribution is -0.884. The Morgan fingerprint density at radius 1 is 1.08 bits per heavy atom. The van der Waals surface area contributed by atoms with Gasteiger partial charge in [0.25, 0.3) is 0 Å². The minimum atomic E-state index is 0.909. The summed E-state index contributed by atoms with van der Waals surface area (Å²) < 4.78 is 0.994. The molecule has 0 heterocycles. The molecule has 1 aromatic carbocycles. The lowest BCUT2D eigenvalue weighted by atomic mass is 10.2. The van der Waals surface area contributed by atoms with Gasteiger partial charge in [-0.25, -0.2) is 0 Å². The molecular weight excluding hydrogens is 174 g/mol. The average molecular weight is 192 g/mol. The molecule has 1 nitrogen and oxygen atoms in total. The molecule has 0 saturated carbocycles. The van der Waals surface area contributed by atoms with E-state index in [0.717, 1.165) is 20.5 Å². The highest BCUT2D eigenvalue weighted by Gasteiger charge is 2.07. The Balaban J connectivity index is 2.70. The van der Waals surface area contributed by atoms with Crippen molar-refractivity contribution in [3.05, 3.63) is 29.8 Å². The Morgan fingerprint density at radius 3 is 2.00 bits per heavy atom. The molecule has 0 amide bonds. The van der Waals surface area contributed by atoms with Gasteiger partial charge in [0.2, 0.25) is 0 Å². The Hall–Kier alpha value is -0.603. The van der Waals surface area contributed by atoms with Gasteiger partial charge >= 0.3 is 0 Å². The zero-order valence-electron chi connectivity index (χ0n) is 8.96. The van der Waals surface area contributed by atoms with Gasteiger partial charge in [-0.2, -0.15) is 0 Å². The summed E-state index contributed by atoms with van der Waals surface area (Å²) in [5.41, 5.74) is 1.43. The van der Waals surface area contributed by atoms with Crippen LogP contribution in [0.1, 0.15) is 5.56 Å². The van der Waals surface area contributed by atoms with Gasteiger partial charge in [0.05, 0.1) is 30.7 Å². The predicted octanol–water partition coefficient (Wildman–Crippen LogP) is 1.27. The monoisotopic (exact) mass is 192 g/mol. The molecule has 0 N–H and O–H groups in total. The second-order valence-corrected chi connectivity index (χ2v) is 5.47. The standard InChI is InChI=1S/C11H18NSi/c1-12(2,3)9-10-5-7-11(13-4)8-6-10/h5-8H,9H2,1-4H3/q+1. The third kappa shape index (κ3) is 3.74. The molecule has 70 valence electrons. The van der Waals surface area contributed by atoms with Crippen molar-refractivity contribution in [2.45, 2.75) is 13.1 Å². The number of rotatable bonds is 3. The molecule has 2 heteroatoms. The van der Waals surface area contributed by atoms with Crippen molar-refractivity contribution in [2.75, 3.05) is 21.1 Å². The Kier molecular flexibility index (Phi) is 3.28. The van der Waals surface area contributed by atoms with Crippen LogP contribution in [0.4, 0.5) is 0 Å². The van der Waals surface area contributed by atoms with Crippen LogP contribution in [0.2, 0.25) is 6.55 Å². The first-order valence-electron chi connectivity index (χ1n) is 4.58. The van der Waals surface area contributed by atoms with Gasteiger partial charge < -0.3 is 4.48 Å². The SMILES string of the molecule is C[Si]c1ccc(C[N+](C)(C)C)cc1. The first kappa shape index (κ1) is 10.5. The van der Waals surface area contributed by atoms with Crippen LogP contribution < -0.4 is 5.19 Å². The molecule has 0 bridgehead atoms. The lowest BCUT2D eigenvalue weighted by Gasteiger charge is -2.23. The highest BCUT2D eigenvalue weighted by molar-refractivity contribution is 6.51. The smallest absolute Gasteiger partial charge is 0.104 e. The van der Waals surface area contributed by atoms with Crippen molar-refractivity contribution in [2.24, 2.45) is 0 Å². The van der Waals surface area contributed by atoms with E-state index in [2.05, 4.69) is 52.0 Å². The van der Waals surface area contributed by atoms with Gasteiger partial charge in [0.15, 0.2) is 0 Å². The molecule has 0 aliphatic rings. The molecule has 13 heavy (non-hydrogen) atoms. The molecule has 0 unspecified atom stereocenters. The molecule has 1 rings (SSSR count). The fourth-order valence-electron chi connectivity index (χ4n) is 1.32. The van der Waals surface area contributed by atoms with Crippen LogP contribution in [0.15, 0.2) is 24.3 Å². The summed E-state index contributed by atoms with van der Waals surface area (Å²) >= 11 is 0. The molecule has 0 atom stereocenters. The summed E-state index contributed by atoms with van der Waals surface area (Å²) in [4.78, 5) is 0. The number of quaternary nitrogens is 1. The van der Waals surface area contributed by atoms with Gasteiger partial charge in [0.1, 0.15) is 6.54 Å². The minimum Gasteiger partial charge on any atom is -0.327 e. The molecule has 0 aliphatic heterocycles. The molecular formula is C11H18NSi+. The van der Waals surface area contributed by atoms with Gasteiger partial charge in [0, 0.05) is 5.56 Å². The van der Waals surface area contributed by atoms with E-state index in [1.807, 2.05) is 0 Å². The maximum atomic E-state index is 2.25. The van der Waals surface area contributed by atoms with E-state index in [0.29, 0.717) is 0 Å². The van der Waals surface area contributed by atoms with E-state index in [4.69, 9.17) is 0 Å². The quantitative estimate of drug-likeness (QED) is 0.500. The van der Waals surface area contributed by atoms with E-state index >= 15 is 0 Å². The maximum Gasteiger partial charge on any atom is 0.104 e. The molecule has 1 aromatic rings. The van der Waals surface area contributed by atoms with Gasteiger partial charge in [-0.1, -0.05) is 36.0 Å². The number of nitrogens with zero attached hydrogens (tertiary/aromatic N) is 1. The van der Waals surface area contributed by atoms with E-state index in [-0.39, 0.29) is 0 Å². The average Bonchev–Trinajstić information content (AvgIpc) is 2.03. The minimum absolute atomic E-state index is 0.909. The van der Waals surface area contributed by atoms with E-state index < -0.39 is 0 Å². The summed E-state index contributed by atoms with van der Waals surface area (Å²) in [5.74, 6) is 0. The van der Waals surface area contributed by atoms with E-state index in [1.165, 1.54) is 10.8 Å². The van der Waals surface area contributed by atoms with Gasteiger partial charge in [-0.05, 0) is 0 Å². The maximum absolute atomic E-state index is 2.25. The summed E-state index contributed by atoms with van der Waals surface area (Å²) in [7, 11) is 7.56. The first-order valence-corrected chi connectivity index (χ1v) is 6.08. The van der Waals surface area contributed by atoms with Crippen molar-refractivity contribution < 1.29 is 4.48 Å². The first-order chi connectivity index (χ1) is 6.01. The third-order valence-electron chi connectivity index (χ3n) is 1.90. The van der Waals surface area contributed by atoms with Crippen LogP contribution in [-0.4, -0.2) is 35.1 Å². The largest absolute Gasteiger partial charge is 0.327 e. The number of hydrogen-bond donors (Lipinski definition) is 0. The summed E-state index contributed by atoms with van der Waals surface area (Å²) in [6.07, 6.45) is 0. The van der Waals surface area contributed by atoms with Gasteiger partial charge in [-0.3, -0.25) is 0 Å². The molecule has 0 aliphatic carbocycles. The van der Waals surface area contributed by atoms with Crippen LogP contribution in [0.25, 0.3) is 0 Å². The van der Waals surface area contributed by atoms with Crippen LogP contribution in [0.3, 0.4) is 0 Å². The van der Waals surface area contributed by atoms with Crippen LogP contribution in [-0.2, 0) is 6.54 Å².